The Morgan fingerprint density at radius 1 is 1.03 bits per heavy atom. The van der Waals surface area contributed by atoms with Gasteiger partial charge in [-0.3, -0.25) is 9.59 Å². The number of hydrogen-bond donors (Lipinski definition) is 1. The summed E-state index contributed by atoms with van der Waals surface area (Å²) < 4.78 is 41.2. The van der Waals surface area contributed by atoms with Crippen LogP contribution < -0.4 is 5.73 Å². The quantitative estimate of drug-likeness (QED) is 0.681. The zero-order valence-corrected chi connectivity index (χ0v) is 18.4. The number of carbonyl (C=O) groups excluding carboxylic acids is 2. The first-order chi connectivity index (χ1) is 15.2. The van der Waals surface area contributed by atoms with Gasteiger partial charge in [-0.2, -0.15) is 13.2 Å². The third-order valence-electron chi connectivity index (χ3n) is 5.18. The summed E-state index contributed by atoms with van der Waals surface area (Å²) in [5.41, 5.74) is 5.99. The summed E-state index contributed by atoms with van der Waals surface area (Å²) in [6, 6.07) is 11.1. The van der Waals surface area contributed by atoms with Crippen LogP contribution in [0.5, 0.6) is 0 Å². The van der Waals surface area contributed by atoms with Gasteiger partial charge in [0.15, 0.2) is 0 Å². The van der Waals surface area contributed by atoms with Crippen LogP contribution in [0.2, 0.25) is 0 Å². The van der Waals surface area contributed by atoms with Gasteiger partial charge in [-0.15, -0.1) is 0 Å². The Hall–Kier alpha value is -2.78. The van der Waals surface area contributed by atoms with E-state index in [0.29, 0.717) is 31.1 Å². The van der Waals surface area contributed by atoms with Crippen molar-refractivity contribution in [3.05, 3.63) is 65.2 Å². The molecule has 1 aliphatic heterocycles. The van der Waals surface area contributed by atoms with E-state index in [9.17, 15) is 22.8 Å². The first-order valence-electron chi connectivity index (χ1n) is 10.1. The SMILES string of the molecule is CC(=O)N1CCN(C(=O)/C=C/c2ccc(Sc3ccccc3CN)c(C(F)(F)F)c2)CC1. The van der Waals surface area contributed by atoms with Crippen LogP contribution in [0.25, 0.3) is 6.08 Å². The van der Waals surface area contributed by atoms with Gasteiger partial charge in [0.25, 0.3) is 0 Å². The average Bonchev–Trinajstić information content (AvgIpc) is 2.77. The van der Waals surface area contributed by atoms with Crippen molar-refractivity contribution in [2.45, 2.75) is 29.4 Å². The van der Waals surface area contributed by atoms with Gasteiger partial charge in [-0.25, -0.2) is 0 Å². The molecule has 0 radical (unpaired) electrons. The van der Waals surface area contributed by atoms with Crippen molar-refractivity contribution < 1.29 is 22.8 Å². The first-order valence-corrected chi connectivity index (χ1v) is 10.9. The normalized spacial score (nSPS) is 14.8. The Labute approximate surface area is 189 Å². The third kappa shape index (κ3) is 5.92. The molecular weight excluding hydrogens is 439 g/mol. The second-order valence-corrected chi connectivity index (χ2v) is 8.42. The van der Waals surface area contributed by atoms with E-state index in [1.165, 1.54) is 25.1 Å². The maximum atomic E-state index is 13.7. The molecule has 5 nitrogen and oxygen atoms in total. The minimum absolute atomic E-state index is 0.0423. The summed E-state index contributed by atoms with van der Waals surface area (Å²) in [7, 11) is 0. The summed E-state index contributed by atoms with van der Waals surface area (Å²) >= 11 is 1.02. The number of benzene rings is 2. The number of halogens is 3. The topological polar surface area (TPSA) is 66.6 Å². The van der Waals surface area contributed by atoms with Gasteiger partial charge in [-0.05, 0) is 35.4 Å². The molecule has 3 rings (SSSR count). The van der Waals surface area contributed by atoms with Crippen molar-refractivity contribution in [3.8, 4) is 0 Å². The van der Waals surface area contributed by atoms with Crippen LogP contribution in [-0.2, 0) is 22.3 Å². The molecule has 1 saturated heterocycles. The standard InChI is InChI=1S/C23H24F3N3O2S/c1-16(30)28-10-12-29(13-11-28)22(31)9-7-17-6-8-21(19(14-17)23(24,25)26)32-20-5-3-2-4-18(20)15-27/h2-9,14H,10-13,15,27H2,1H3/b9-7+. The van der Waals surface area contributed by atoms with Crippen LogP contribution in [0.3, 0.4) is 0 Å². The molecule has 2 aromatic carbocycles. The molecule has 2 amide bonds. The second kappa shape index (κ2) is 10.2. The monoisotopic (exact) mass is 463 g/mol. The Morgan fingerprint density at radius 3 is 2.31 bits per heavy atom. The summed E-state index contributed by atoms with van der Waals surface area (Å²) in [6.45, 7) is 3.40. The van der Waals surface area contributed by atoms with Gasteiger partial charge in [0.1, 0.15) is 0 Å². The predicted molar refractivity (Wildman–Crippen MR) is 118 cm³/mol. The Balaban J connectivity index is 1.77. The summed E-state index contributed by atoms with van der Waals surface area (Å²) in [4.78, 5) is 27.8. The molecule has 0 spiro atoms. The number of piperazine rings is 1. The highest BCUT2D eigenvalue weighted by atomic mass is 32.2. The maximum Gasteiger partial charge on any atom is 0.417 e. The highest BCUT2D eigenvalue weighted by molar-refractivity contribution is 7.99. The molecule has 0 aromatic heterocycles. The number of carbonyl (C=O) groups is 2. The third-order valence-corrected chi connectivity index (χ3v) is 6.37. The first kappa shape index (κ1) is 23.9. The van der Waals surface area contributed by atoms with Crippen LogP contribution >= 0.6 is 11.8 Å². The fourth-order valence-corrected chi connectivity index (χ4v) is 4.45. The van der Waals surface area contributed by atoms with E-state index in [4.69, 9.17) is 5.73 Å². The molecule has 0 atom stereocenters. The van der Waals surface area contributed by atoms with Gasteiger partial charge in [0, 0.05) is 55.5 Å². The highest BCUT2D eigenvalue weighted by Crippen LogP contribution is 2.41. The van der Waals surface area contributed by atoms with Crippen molar-refractivity contribution >= 4 is 29.7 Å². The molecule has 0 aliphatic carbocycles. The van der Waals surface area contributed by atoms with E-state index in [-0.39, 0.29) is 28.8 Å². The molecule has 0 bridgehead atoms. The van der Waals surface area contributed by atoms with Crippen LogP contribution in [0.1, 0.15) is 23.6 Å². The number of amides is 2. The average molecular weight is 464 g/mol. The summed E-state index contributed by atoms with van der Waals surface area (Å²) in [5, 5.41) is 0. The van der Waals surface area contributed by atoms with E-state index in [0.717, 1.165) is 23.4 Å². The number of rotatable bonds is 5. The predicted octanol–water partition coefficient (Wildman–Crippen LogP) is 4.02. The van der Waals surface area contributed by atoms with Crippen LogP contribution in [0.15, 0.2) is 58.3 Å². The molecule has 170 valence electrons. The molecule has 32 heavy (non-hydrogen) atoms. The molecule has 0 saturated carbocycles. The molecule has 0 unspecified atom stereocenters. The van der Waals surface area contributed by atoms with E-state index in [1.807, 2.05) is 0 Å². The molecule has 9 heteroatoms. The number of hydrogen-bond acceptors (Lipinski definition) is 4. The van der Waals surface area contributed by atoms with Gasteiger partial charge in [-0.1, -0.05) is 36.0 Å². The fourth-order valence-electron chi connectivity index (χ4n) is 3.37. The van der Waals surface area contributed by atoms with Crippen molar-refractivity contribution in [3.63, 3.8) is 0 Å². The van der Waals surface area contributed by atoms with Crippen LogP contribution in [0, 0.1) is 0 Å². The fraction of sp³-hybridized carbons (Fsp3) is 0.304. The molecule has 1 heterocycles. The smallest absolute Gasteiger partial charge is 0.339 e. The van der Waals surface area contributed by atoms with E-state index < -0.39 is 11.7 Å². The minimum atomic E-state index is -4.54. The largest absolute Gasteiger partial charge is 0.417 e. The molecular formula is C23H24F3N3O2S. The number of alkyl halides is 3. The Bertz CT molecular complexity index is 1020. The lowest BCUT2D eigenvalue weighted by Gasteiger charge is -2.33. The van der Waals surface area contributed by atoms with Crippen LogP contribution in [-0.4, -0.2) is 47.8 Å². The van der Waals surface area contributed by atoms with E-state index in [2.05, 4.69) is 0 Å². The lowest BCUT2D eigenvalue weighted by molar-refractivity contribution is -0.139. The lowest BCUT2D eigenvalue weighted by atomic mass is 10.1. The molecule has 2 aromatic rings. The van der Waals surface area contributed by atoms with Crippen molar-refractivity contribution in [1.82, 2.24) is 9.80 Å². The van der Waals surface area contributed by atoms with Gasteiger partial charge in [0.2, 0.25) is 11.8 Å². The summed E-state index contributed by atoms with van der Waals surface area (Å²) in [5.74, 6) is -0.337. The summed E-state index contributed by atoms with van der Waals surface area (Å²) in [6.07, 6.45) is -1.89. The van der Waals surface area contributed by atoms with Crippen LogP contribution in [0.4, 0.5) is 13.2 Å². The van der Waals surface area contributed by atoms with Crippen molar-refractivity contribution in [2.75, 3.05) is 26.2 Å². The molecule has 2 N–H and O–H groups in total. The molecule has 1 aliphatic rings. The minimum Gasteiger partial charge on any atom is -0.339 e. The second-order valence-electron chi connectivity index (χ2n) is 7.33. The Kier molecular flexibility index (Phi) is 7.63. The lowest BCUT2D eigenvalue weighted by Crippen LogP contribution is -2.49. The highest BCUT2D eigenvalue weighted by Gasteiger charge is 2.34. The zero-order valence-electron chi connectivity index (χ0n) is 17.6. The van der Waals surface area contributed by atoms with Crippen molar-refractivity contribution in [1.29, 1.82) is 0 Å². The van der Waals surface area contributed by atoms with Crippen molar-refractivity contribution in [2.24, 2.45) is 5.73 Å². The van der Waals surface area contributed by atoms with Gasteiger partial charge >= 0.3 is 6.18 Å². The molecule has 1 fully saturated rings. The number of nitrogens with two attached hydrogens (primary N) is 1. The Morgan fingerprint density at radius 2 is 1.69 bits per heavy atom. The zero-order chi connectivity index (χ0) is 23.3. The van der Waals surface area contributed by atoms with E-state index in [1.54, 1.807) is 40.1 Å². The van der Waals surface area contributed by atoms with Gasteiger partial charge in [0.05, 0.1) is 5.56 Å². The maximum absolute atomic E-state index is 13.7. The number of nitrogens with zero attached hydrogens (tertiary/aromatic N) is 2. The van der Waals surface area contributed by atoms with E-state index >= 15 is 0 Å². The van der Waals surface area contributed by atoms with Gasteiger partial charge < -0.3 is 15.5 Å².